The van der Waals surface area contributed by atoms with E-state index in [1.165, 1.54) is 0 Å². The fourth-order valence-corrected chi connectivity index (χ4v) is 2.22. The van der Waals surface area contributed by atoms with Crippen LogP contribution in [-0.2, 0) is 9.53 Å². The summed E-state index contributed by atoms with van der Waals surface area (Å²) in [6, 6.07) is 0. The fourth-order valence-electron chi connectivity index (χ4n) is 2.22. The van der Waals surface area contributed by atoms with E-state index in [0.717, 1.165) is 25.8 Å². The van der Waals surface area contributed by atoms with Gasteiger partial charge in [-0.25, -0.2) is 0 Å². The first-order chi connectivity index (χ1) is 7.56. The van der Waals surface area contributed by atoms with Gasteiger partial charge in [-0.2, -0.15) is 0 Å². The Balaban J connectivity index is 4.48. The number of ether oxygens (including phenoxy) is 1. The van der Waals surface area contributed by atoms with E-state index in [4.69, 9.17) is 4.74 Å². The number of quaternary nitrogens is 1. The van der Waals surface area contributed by atoms with Crippen LogP contribution in [0.1, 0.15) is 47.0 Å². The fraction of sp³-hybridized carbons (Fsp3) is 0.923. The molecule has 1 atom stereocenters. The molecule has 0 saturated carbocycles. The van der Waals surface area contributed by atoms with Crippen LogP contribution in [0, 0.1) is 11.3 Å². The second-order valence-corrected chi connectivity index (χ2v) is 4.62. The van der Waals surface area contributed by atoms with Crippen molar-refractivity contribution in [3.63, 3.8) is 0 Å². The van der Waals surface area contributed by atoms with Gasteiger partial charge in [0.1, 0.15) is 13.2 Å². The molecule has 0 aliphatic carbocycles. The van der Waals surface area contributed by atoms with E-state index < -0.39 is 0 Å². The molecule has 0 amide bonds. The van der Waals surface area contributed by atoms with Crippen LogP contribution in [0.2, 0.25) is 0 Å². The van der Waals surface area contributed by atoms with Crippen molar-refractivity contribution < 1.29 is 14.8 Å². The number of hydrogen-bond donors (Lipinski definition) is 1. The van der Waals surface area contributed by atoms with Gasteiger partial charge in [-0.1, -0.05) is 33.6 Å². The molecule has 0 bridgehead atoms. The number of likely N-dealkylation sites (N-methyl/N-ethyl adjacent to an activating group) is 1. The number of rotatable bonds is 8. The third-order valence-corrected chi connectivity index (χ3v) is 3.73. The maximum atomic E-state index is 12.1. The predicted molar refractivity (Wildman–Crippen MR) is 66.1 cm³/mol. The highest BCUT2D eigenvalue weighted by atomic mass is 16.5. The number of hydrogen-bond acceptors (Lipinski definition) is 2. The first-order valence-corrected chi connectivity index (χ1v) is 6.51. The quantitative estimate of drug-likeness (QED) is 0.508. The van der Waals surface area contributed by atoms with Gasteiger partial charge in [-0.3, -0.25) is 4.79 Å². The number of nitrogens with two attached hydrogens (primary N) is 1. The average Bonchev–Trinajstić information content (AvgIpc) is 2.30. The van der Waals surface area contributed by atoms with E-state index in [2.05, 4.69) is 20.8 Å². The Labute approximate surface area is 99.9 Å². The van der Waals surface area contributed by atoms with Gasteiger partial charge in [0.2, 0.25) is 0 Å². The lowest BCUT2D eigenvalue weighted by Crippen LogP contribution is -2.80. The predicted octanol–water partition coefficient (Wildman–Crippen LogP) is 1.58. The van der Waals surface area contributed by atoms with Crippen LogP contribution in [0.4, 0.5) is 0 Å². The van der Waals surface area contributed by atoms with Crippen molar-refractivity contribution >= 4 is 5.97 Å². The van der Waals surface area contributed by atoms with Gasteiger partial charge in [0.05, 0.1) is 12.5 Å². The molecule has 16 heavy (non-hydrogen) atoms. The SMILES string of the molecule is CCC(CC)C(C)(CC)C(=O)OCC[NH2+]C. The maximum absolute atomic E-state index is 12.1. The Morgan fingerprint density at radius 2 is 1.88 bits per heavy atom. The van der Waals surface area contributed by atoms with Crippen molar-refractivity contribution in [3.05, 3.63) is 0 Å². The standard InChI is InChI=1S/C13H27NO2/c1-6-11(7-2)13(4,8-3)12(15)16-10-9-14-5/h11,14H,6-10H2,1-5H3/p+1. The summed E-state index contributed by atoms with van der Waals surface area (Å²) in [6.07, 6.45) is 2.93. The Kier molecular flexibility index (Phi) is 7.39. The van der Waals surface area contributed by atoms with E-state index >= 15 is 0 Å². The monoisotopic (exact) mass is 230 g/mol. The van der Waals surface area contributed by atoms with Crippen LogP contribution in [0.5, 0.6) is 0 Å². The third-order valence-electron chi connectivity index (χ3n) is 3.73. The first kappa shape index (κ1) is 15.4. The van der Waals surface area contributed by atoms with Gasteiger partial charge >= 0.3 is 5.97 Å². The molecule has 0 saturated heterocycles. The van der Waals surface area contributed by atoms with Crippen LogP contribution in [0.3, 0.4) is 0 Å². The summed E-state index contributed by atoms with van der Waals surface area (Å²) in [5, 5.41) is 2.02. The van der Waals surface area contributed by atoms with Gasteiger partial charge in [0.15, 0.2) is 0 Å². The smallest absolute Gasteiger partial charge is 0.312 e. The van der Waals surface area contributed by atoms with Crippen LogP contribution in [0.25, 0.3) is 0 Å². The Morgan fingerprint density at radius 3 is 2.25 bits per heavy atom. The minimum atomic E-state index is -0.308. The second-order valence-electron chi connectivity index (χ2n) is 4.62. The van der Waals surface area contributed by atoms with Gasteiger partial charge in [0, 0.05) is 0 Å². The molecule has 96 valence electrons. The van der Waals surface area contributed by atoms with Crippen LogP contribution >= 0.6 is 0 Å². The minimum absolute atomic E-state index is 0.0226. The highest BCUT2D eigenvalue weighted by molar-refractivity contribution is 5.76. The molecular formula is C13H28NO2+. The largest absolute Gasteiger partial charge is 0.459 e. The zero-order valence-electron chi connectivity index (χ0n) is 11.5. The molecule has 0 rings (SSSR count). The summed E-state index contributed by atoms with van der Waals surface area (Å²) in [5.74, 6) is 0.404. The van der Waals surface area contributed by atoms with Crippen molar-refractivity contribution in [1.29, 1.82) is 0 Å². The molecular weight excluding hydrogens is 202 g/mol. The molecule has 0 aromatic carbocycles. The van der Waals surface area contributed by atoms with Crippen molar-refractivity contribution in [1.82, 2.24) is 0 Å². The highest BCUT2D eigenvalue weighted by Gasteiger charge is 2.39. The molecule has 0 aliphatic rings. The third kappa shape index (κ3) is 3.78. The molecule has 1 unspecified atom stereocenters. The molecule has 0 radical (unpaired) electrons. The molecule has 0 aliphatic heterocycles. The lowest BCUT2D eigenvalue weighted by Gasteiger charge is -2.33. The van der Waals surface area contributed by atoms with E-state index in [1.54, 1.807) is 0 Å². The van der Waals surface area contributed by atoms with Crippen LogP contribution in [-0.4, -0.2) is 26.2 Å². The first-order valence-electron chi connectivity index (χ1n) is 6.51. The molecule has 3 nitrogen and oxygen atoms in total. The van der Waals surface area contributed by atoms with Crippen molar-refractivity contribution in [2.75, 3.05) is 20.2 Å². The highest BCUT2D eigenvalue weighted by Crippen LogP contribution is 2.36. The van der Waals surface area contributed by atoms with E-state index in [-0.39, 0.29) is 11.4 Å². The molecule has 0 heterocycles. The van der Waals surface area contributed by atoms with E-state index in [0.29, 0.717) is 12.5 Å². The summed E-state index contributed by atoms with van der Waals surface area (Å²) in [5.41, 5.74) is -0.308. The number of carbonyl (C=O) groups excluding carboxylic acids is 1. The lowest BCUT2D eigenvalue weighted by molar-refractivity contribution is -0.628. The normalized spacial score (nSPS) is 14.9. The van der Waals surface area contributed by atoms with Crippen LogP contribution < -0.4 is 5.32 Å². The second kappa shape index (κ2) is 7.66. The van der Waals surface area contributed by atoms with Gasteiger partial charge in [-0.15, -0.1) is 0 Å². The summed E-state index contributed by atoms with van der Waals surface area (Å²) in [7, 11) is 1.98. The Morgan fingerprint density at radius 1 is 1.31 bits per heavy atom. The maximum Gasteiger partial charge on any atom is 0.312 e. The van der Waals surface area contributed by atoms with Crippen LogP contribution in [0.15, 0.2) is 0 Å². The van der Waals surface area contributed by atoms with Gasteiger partial charge < -0.3 is 10.1 Å². The van der Waals surface area contributed by atoms with Crippen molar-refractivity contribution in [2.45, 2.75) is 47.0 Å². The molecule has 0 spiro atoms. The van der Waals surface area contributed by atoms with Crippen molar-refractivity contribution in [2.24, 2.45) is 11.3 Å². The Bertz CT molecular complexity index is 202. The molecule has 3 heteroatoms. The average molecular weight is 230 g/mol. The summed E-state index contributed by atoms with van der Waals surface area (Å²) < 4.78 is 5.35. The van der Waals surface area contributed by atoms with Gasteiger partial charge in [-0.05, 0) is 19.3 Å². The Hall–Kier alpha value is -0.570. The summed E-state index contributed by atoms with van der Waals surface area (Å²) in [4.78, 5) is 12.1. The molecule has 2 N–H and O–H groups in total. The van der Waals surface area contributed by atoms with Crippen molar-refractivity contribution in [3.8, 4) is 0 Å². The van der Waals surface area contributed by atoms with E-state index in [1.807, 2.05) is 19.3 Å². The minimum Gasteiger partial charge on any atom is -0.459 e. The van der Waals surface area contributed by atoms with Gasteiger partial charge in [0.25, 0.3) is 0 Å². The lowest BCUT2D eigenvalue weighted by atomic mass is 9.72. The van der Waals surface area contributed by atoms with E-state index in [9.17, 15) is 4.79 Å². The number of esters is 1. The number of carbonyl (C=O) groups is 1. The summed E-state index contributed by atoms with van der Waals surface area (Å²) >= 11 is 0. The molecule has 0 aromatic rings. The molecule has 0 aromatic heterocycles. The topological polar surface area (TPSA) is 42.9 Å². The zero-order valence-corrected chi connectivity index (χ0v) is 11.5. The summed E-state index contributed by atoms with van der Waals surface area (Å²) in [6.45, 7) is 9.78. The molecule has 0 fully saturated rings. The zero-order chi connectivity index (χ0) is 12.6.